The first-order chi connectivity index (χ1) is 14.3. The molecule has 1 fully saturated rings. The Labute approximate surface area is 188 Å². The van der Waals surface area contributed by atoms with E-state index in [0.717, 1.165) is 25.8 Å². The lowest BCUT2D eigenvalue weighted by molar-refractivity contribution is -0.753. The van der Waals surface area contributed by atoms with E-state index in [-0.39, 0.29) is 11.6 Å². The standard InChI is InChI=1S/C20H39BrN2O7/c1-19(2)18(24)22(20(3,4)23(19)21)16-14-12-10-8-6-5-7-9-11-13-15-17-26-28-30-29-27-25/h25H,5-17H2,1-4H3. The van der Waals surface area contributed by atoms with Crippen LogP contribution >= 0.6 is 16.1 Å². The fourth-order valence-corrected chi connectivity index (χ4v) is 4.27. The van der Waals surface area contributed by atoms with Gasteiger partial charge in [-0.1, -0.05) is 57.8 Å². The highest BCUT2D eigenvalue weighted by atomic mass is 79.9. The first kappa shape index (κ1) is 27.7. The molecule has 1 saturated heterocycles. The number of hydrogen-bond donors (Lipinski definition) is 1. The third-order valence-corrected chi connectivity index (χ3v) is 7.40. The first-order valence-corrected chi connectivity index (χ1v) is 11.7. The lowest BCUT2D eigenvalue weighted by atomic mass is 10.1. The number of carbonyl (C=O) groups excluding carboxylic acids is 1. The second-order valence-corrected chi connectivity index (χ2v) is 9.49. The fourth-order valence-electron chi connectivity index (χ4n) is 3.93. The Morgan fingerprint density at radius 2 is 1.30 bits per heavy atom. The zero-order valence-corrected chi connectivity index (χ0v) is 20.4. The molecule has 0 aromatic carbocycles. The Kier molecular flexibility index (Phi) is 13.6. The molecular formula is C20H39BrN2O7. The second kappa shape index (κ2) is 14.7. The average Bonchev–Trinajstić information content (AvgIpc) is 2.82. The molecular weight excluding hydrogens is 460 g/mol. The third kappa shape index (κ3) is 9.04. The Bertz CT molecular complexity index is 480. The average molecular weight is 499 g/mol. The van der Waals surface area contributed by atoms with Gasteiger partial charge in [-0.25, -0.2) is 14.1 Å². The van der Waals surface area contributed by atoms with Gasteiger partial charge in [0.2, 0.25) is 5.91 Å². The van der Waals surface area contributed by atoms with Crippen molar-refractivity contribution in [1.29, 1.82) is 0 Å². The minimum absolute atomic E-state index is 0.196. The number of carbonyl (C=O) groups is 1. The Balaban J connectivity index is 1.91. The topological polar surface area (TPSA) is 89.9 Å². The smallest absolute Gasteiger partial charge is 0.244 e. The molecule has 1 heterocycles. The highest BCUT2D eigenvalue weighted by Gasteiger charge is 2.55. The van der Waals surface area contributed by atoms with Crippen LogP contribution in [0.5, 0.6) is 0 Å². The van der Waals surface area contributed by atoms with Crippen molar-refractivity contribution in [3.05, 3.63) is 0 Å². The molecule has 1 aliphatic rings. The summed E-state index contributed by atoms with van der Waals surface area (Å²) in [5, 5.41) is 22.4. The number of hydrogen-bond acceptors (Lipinski definition) is 8. The highest BCUT2D eigenvalue weighted by Crippen LogP contribution is 2.40. The molecule has 1 amide bonds. The van der Waals surface area contributed by atoms with Gasteiger partial charge in [0.15, 0.2) is 0 Å². The summed E-state index contributed by atoms with van der Waals surface area (Å²) >= 11 is 3.59. The van der Waals surface area contributed by atoms with E-state index in [0.29, 0.717) is 6.61 Å². The van der Waals surface area contributed by atoms with Crippen LogP contribution in [0, 0.1) is 0 Å². The van der Waals surface area contributed by atoms with Gasteiger partial charge in [0, 0.05) is 22.7 Å². The Morgan fingerprint density at radius 3 is 1.77 bits per heavy atom. The number of nitrogens with zero attached hydrogens (tertiary/aromatic N) is 2. The predicted octanol–water partition coefficient (Wildman–Crippen LogP) is 5.46. The molecule has 30 heavy (non-hydrogen) atoms. The van der Waals surface area contributed by atoms with Crippen LogP contribution in [-0.4, -0.2) is 44.3 Å². The van der Waals surface area contributed by atoms with Gasteiger partial charge in [-0.15, -0.1) is 0 Å². The maximum atomic E-state index is 12.7. The summed E-state index contributed by atoms with van der Waals surface area (Å²) in [4.78, 5) is 19.3. The molecule has 0 radical (unpaired) electrons. The van der Waals surface area contributed by atoms with Crippen LogP contribution < -0.4 is 0 Å². The van der Waals surface area contributed by atoms with Crippen LogP contribution in [-0.2, 0) is 29.8 Å². The minimum Gasteiger partial charge on any atom is -0.322 e. The molecule has 178 valence electrons. The monoisotopic (exact) mass is 498 g/mol. The molecule has 9 nitrogen and oxygen atoms in total. The van der Waals surface area contributed by atoms with Crippen molar-refractivity contribution in [1.82, 2.24) is 8.83 Å². The maximum Gasteiger partial charge on any atom is 0.244 e. The van der Waals surface area contributed by atoms with E-state index in [1.54, 1.807) is 0 Å². The van der Waals surface area contributed by atoms with Gasteiger partial charge in [-0.2, -0.15) is 0 Å². The van der Waals surface area contributed by atoms with Crippen molar-refractivity contribution in [3.63, 3.8) is 0 Å². The zero-order chi connectivity index (χ0) is 22.5. The van der Waals surface area contributed by atoms with Gasteiger partial charge in [0.1, 0.15) is 11.2 Å². The van der Waals surface area contributed by atoms with Gasteiger partial charge in [-0.3, -0.25) is 4.79 Å². The minimum atomic E-state index is -0.497. The van der Waals surface area contributed by atoms with Gasteiger partial charge in [0.05, 0.1) is 6.61 Å². The summed E-state index contributed by atoms with van der Waals surface area (Å²) in [6.07, 6.45) is 12.9. The quantitative estimate of drug-likeness (QED) is 0.115. The van der Waals surface area contributed by atoms with E-state index in [4.69, 9.17) is 5.26 Å². The summed E-state index contributed by atoms with van der Waals surface area (Å²) in [7, 11) is 0. The lowest BCUT2D eigenvalue weighted by Crippen LogP contribution is -2.46. The predicted molar refractivity (Wildman–Crippen MR) is 114 cm³/mol. The molecule has 0 bridgehead atoms. The van der Waals surface area contributed by atoms with Crippen LogP contribution in [0.1, 0.15) is 98.3 Å². The molecule has 0 spiro atoms. The number of unbranched alkanes of at least 4 members (excludes halogenated alkanes) is 10. The summed E-state index contributed by atoms with van der Waals surface area (Å²) in [5.41, 5.74) is -0.791. The van der Waals surface area contributed by atoms with Gasteiger partial charge < -0.3 is 4.90 Å². The molecule has 1 N–H and O–H groups in total. The summed E-state index contributed by atoms with van der Waals surface area (Å²) in [6, 6.07) is 0. The van der Waals surface area contributed by atoms with Gasteiger partial charge in [0.25, 0.3) is 0 Å². The van der Waals surface area contributed by atoms with E-state index in [9.17, 15) is 4.79 Å². The van der Waals surface area contributed by atoms with Crippen molar-refractivity contribution in [2.45, 2.75) is 110 Å². The molecule has 0 aromatic rings. The summed E-state index contributed by atoms with van der Waals surface area (Å²) in [6.45, 7) is 9.33. The van der Waals surface area contributed by atoms with Crippen LogP contribution in [0.4, 0.5) is 0 Å². The van der Waals surface area contributed by atoms with E-state index in [2.05, 4.69) is 55.0 Å². The zero-order valence-electron chi connectivity index (χ0n) is 18.9. The van der Waals surface area contributed by atoms with Crippen molar-refractivity contribution < 1.29 is 35.1 Å². The molecule has 10 heteroatoms. The Morgan fingerprint density at radius 1 is 0.800 bits per heavy atom. The molecule has 0 atom stereocenters. The number of rotatable bonds is 18. The highest BCUT2D eigenvalue weighted by molar-refractivity contribution is 9.07. The van der Waals surface area contributed by atoms with E-state index >= 15 is 0 Å². The second-order valence-electron chi connectivity index (χ2n) is 8.78. The molecule has 0 aliphatic carbocycles. The van der Waals surface area contributed by atoms with Gasteiger partial charge in [-0.05, 0) is 60.7 Å². The molecule has 1 aliphatic heterocycles. The third-order valence-electron chi connectivity index (χ3n) is 5.64. The fraction of sp³-hybridized carbons (Fsp3) is 0.950. The summed E-state index contributed by atoms with van der Waals surface area (Å²) in [5.74, 6) is 0.196. The van der Waals surface area contributed by atoms with Crippen molar-refractivity contribution in [2.75, 3.05) is 13.2 Å². The van der Waals surface area contributed by atoms with E-state index < -0.39 is 5.54 Å². The van der Waals surface area contributed by atoms with Crippen LogP contribution in [0.15, 0.2) is 0 Å². The summed E-state index contributed by atoms with van der Waals surface area (Å²) < 4.78 is 1.99. The van der Waals surface area contributed by atoms with E-state index in [1.165, 1.54) is 51.4 Å². The first-order valence-electron chi connectivity index (χ1n) is 11.0. The molecule has 0 unspecified atom stereocenters. The molecule has 0 saturated carbocycles. The van der Waals surface area contributed by atoms with Crippen LogP contribution in [0.3, 0.4) is 0 Å². The normalized spacial score (nSPS) is 18.5. The van der Waals surface area contributed by atoms with Gasteiger partial charge >= 0.3 is 0 Å². The SMILES string of the molecule is CC1(C)C(=O)N(CCCCCCCCCCCCCOOOOOO)C(C)(C)N1Br. The van der Waals surface area contributed by atoms with Crippen LogP contribution in [0.2, 0.25) is 0 Å². The number of amides is 1. The Hall–Kier alpha value is -0.330. The van der Waals surface area contributed by atoms with E-state index in [1.807, 2.05) is 22.7 Å². The number of halogens is 1. The van der Waals surface area contributed by atoms with Crippen molar-refractivity contribution in [2.24, 2.45) is 0 Å². The maximum absolute atomic E-state index is 12.7. The van der Waals surface area contributed by atoms with Crippen LogP contribution in [0.25, 0.3) is 0 Å². The lowest BCUT2D eigenvalue weighted by Gasteiger charge is -2.35. The molecule has 0 aromatic heterocycles. The molecule has 1 rings (SSSR count). The largest absolute Gasteiger partial charge is 0.322 e. The van der Waals surface area contributed by atoms with Crippen molar-refractivity contribution >= 4 is 22.1 Å². The van der Waals surface area contributed by atoms with Crippen molar-refractivity contribution in [3.8, 4) is 0 Å².